The number of rotatable bonds is 37. The first kappa shape index (κ1) is 47.2. The van der Waals surface area contributed by atoms with E-state index in [1.54, 1.807) is 0 Å². The minimum absolute atomic E-state index is 0.753. The second-order valence-electron chi connectivity index (χ2n) is 10.9. The molecule has 4 nitrogen and oxygen atoms in total. The third kappa shape index (κ3) is 32.4. The van der Waals surface area contributed by atoms with Crippen molar-refractivity contribution < 1.29 is 18.1 Å². The number of unbranched alkanes of at least 4 members (excludes halogenated alkanes) is 12. The van der Waals surface area contributed by atoms with Gasteiger partial charge in [-0.3, -0.25) is 0 Å². The molecule has 0 fully saturated rings. The molecule has 0 aromatic rings. The van der Waals surface area contributed by atoms with Crippen molar-refractivity contribution >= 4 is 97.5 Å². The summed E-state index contributed by atoms with van der Waals surface area (Å²) in [6, 6.07) is 0. The van der Waals surface area contributed by atoms with E-state index in [4.69, 9.17) is 41.7 Å². The summed E-state index contributed by atoms with van der Waals surface area (Å²) in [5.74, 6) is 2.16. The zero-order valence-electron chi connectivity index (χ0n) is 28.2. The van der Waals surface area contributed by atoms with Crippen LogP contribution in [0.2, 0.25) is 0 Å². The van der Waals surface area contributed by atoms with Crippen molar-refractivity contribution in [1.29, 1.82) is 0 Å². The van der Waals surface area contributed by atoms with Gasteiger partial charge in [-0.05, 0) is 101 Å². The first-order valence-corrected chi connectivity index (χ1v) is 30.6. The van der Waals surface area contributed by atoms with Crippen molar-refractivity contribution in [3.05, 3.63) is 0 Å². The molecule has 0 saturated heterocycles. The molecule has 0 aliphatic carbocycles. The highest BCUT2D eigenvalue weighted by atomic mass is 33.9. The molecule has 0 radical (unpaired) electrons. The highest BCUT2D eigenvalue weighted by Crippen LogP contribution is 2.54. The average Bonchev–Trinajstić information content (AvgIpc) is 3.01. The summed E-state index contributed by atoms with van der Waals surface area (Å²) < 4.78 is 24.9. The third-order valence-corrected chi connectivity index (χ3v) is 24.1. The number of hydrogen-bond donors (Lipinski definition) is 0. The molecule has 0 saturated carbocycles. The van der Waals surface area contributed by atoms with Gasteiger partial charge in [0.15, 0.2) is 13.0 Å². The van der Waals surface area contributed by atoms with Crippen molar-refractivity contribution in [3.8, 4) is 0 Å². The highest BCUT2D eigenvalue weighted by molar-refractivity contribution is 9.41. The van der Waals surface area contributed by atoms with Crippen molar-refractivity contribution in [1.82, 2.24) is 0 Å². The van der Waals surface area contributed by atoms with E-state index in [1.165, 1.54) is 77.0 Å². The van der Waals surface area contributed by atoms with Gasteiger partial charge < -0.3 is 18.1 Å². The Kier molecular flexibility index (Phi) is 38.7. The van der Waals surface area contributed by atoms with Gasteiger partial charge in [0.25, 0.3) is 0 Å². The second kappa shape index (κ2) is 36.0. The molecule has 0 amide bonds. The molecule has 0 aliphatic rings. The zero-order valence-corrected chi connectivity index (χ0v) is 36.5. The number of hydrogen-bond acceptors (Lipinski definition) is 12. The van der Waals surface area contributed by atoms with Gasteiger partial charge >= 0.3 is 0 Å². The summed E-state index contributed by atoms with van der Waals surface area (Å²) >= 11 is 11.9. The first-order chi connectivity index (χ1) is 21.4. The summed E-state index contributed by atoms with van der Waals surface area (Å²) in [4.78, 5) is 0. The summed E-state index contributed by atoms with van der Waals surface area (Å²) in [7, 11) is 11.3. The molecule has 0 heterocycles. The van der Waals surface area contributed by atoms with Gasteiger partial charge in [-0.15, -0.1) is 0 Å². The highest BCUT2D eigenvalue weighted by Gasteiger charge is 2.20. The molecular formula is C30H64O4P2S8. The Morgan fingerprint density at radius 1 is 0.386 bits per heavy atom. The van der Waals surface area contributed by atoms with Crippen molar-refractivity contribution in [2.75, 3.05) is 50.3 Å². The molecule has 0 bridgehead atoms. The molecule has 0 atom stereocenters. The molecule has 14 heteroatoms. The van der Waals surface area contributed by atoms with Crippen LogP contribution in [0, 0.1) is 0 Å². The van der Waals surface area contributed by atoms with Gasteiger partial charge in [0, 0.05) is 23.8 Å². The minimum Gasteiger partial charge on any atom is -0.329 e. The van der Waals surface area contributed by atoms with Crippen molar-refractivity contribution in [3.63, 3.8) is 0 Å². The Labute approximate surface area is 306 Å². The van der Waals surface area contributed by atoms with Gasteiger partial charge in [-0.25, -0.2) is 0 Å². The lowest BCUT2D eigenvalue weighted by Gasteiger charge is -2.22. The van der Waals surface area contributed by atoms with Crippen LogP contribution in [-0.4, -0.2) is 50.3 Å². The summed E-state index contributed by atoms with van der Waals surface area (Å²) in [5, 5.41) is 0. The lowest BCUT2D eigenvalue weighted by Crippen LogP contribution is -2.04. The van der Waals surface area contributed by atoms with Crippen LogP contribution < -0.4 is 0 Å². The second-order valence-corrected chi connectivity index (χ2v) is 28.4. The fraction of sp³-hybridized carbons (Fsp3) is 1.00. The lowest BCUT2D eigenvalue weighted by atomic mass is 10.2. The van der Waals surface area contributed by atoms with Gasteiger partial charge in [-0.2, -0.15) is 0 Å². The molecule has 0 spiro atoms. The van der Waals surface area contributed by atoms with E-state index in [0.717, 1.165) is 88.8 Å². The topological polar surface area (TPSA) is 36.9 Å². The molecular weight excluding hydrogens is 743 g/mol. The smallest absolute Gasteiger partial charge is 0.188 e. The molecule has 0 rings (SSSR count). The summed E-state index contributed by atoms with van der Waals surface area (Å²) in [6.07, 6.45) is 23.2. The maximum atomic E-state index is 6.21. The van der Waals surface area contributed by atoms with E-state index in [1.807, 2.05) is 60.9 Å². The average molecular weight is 807 g/mol. The van der Waals surface area contributed by atoms with Crippen LogP contribution in [0.25, 0.3) is 0 Å². The fourth-order valence-electron chi connectivity index (χ4n) is 4.03. The monoisotopic (exact) mass is 806 g/mol. The molecule has 44 heavy (non-hydrogen) atoms. The van der Waals surface area contributed by atoms with Gasteiger partial charge in [0.1, 0.15) is 0 Å². The quantitative estimate of drug-likeness (QED) is 0.0341. The van der Waals surface area contributed by atoms with Crippen molar-refractivity contribution in [2.24, 2.45) is 0 Å². The van der Waals surface area contributed by atoms with E-state index < -0.39 is 13.0 Å². The van der Waals surface area contributed by atoms with E-state index in [9.17, 15) is 0 Å². The molecule has 0 aromatic heterocycles. The van der Waals surface area contributed by atoms with Crippen LogP contribution in [0.1, 0.15) is 143 Å². The predicted octanol–water partition coefficient (Wildman–Crippen LogP) is 14.7. The van der Waals surface area contributed by atoms with Gasteiger partial charge in [-0.1, -0.05) is 126 Å². The maximum Gasteiger partial charge on any atom is 0.188 e. The van der Waals surface area contributed by atoms with E-state index in [0.29, 0.717) is 0 Å². The largest absolute Gasteiger partial charge is 0.329 e. The SMILES string of the molecule is CCCCCCOP(=S)(CCCSSSSSSCCCP(=S)(OCCCCCC)OCCCCCC)OCCCCCC. The van der Waals surface area contributed by atoms with Crippen LogP contribution in [0.5, 0.6) is 0 Å². The lowest BCUT2D eigenvalue weighted by molar-refractivity contribution is 0.237. The Hall–Kier alpha value is 3.24. The summed E-state index contributed by atoms with van der Waals surface area (Å²) in [5.41, 5.74) is 0. The van der Waals surface area contributed by atoms with E-state index >= 15 is 0 Å². The van der Waals surface area contributed by atoms with Crippen LogP contribution in [0.3, 0.4) is 0 Å². The maximum absolute atomic E-state index is 6.21. The molecule has 0 unspecified atom stereocenters. The standard InChI is InChI=1S/C30H64O4P2S8/c1-5-9-13-17-23-31-35(37,32-24-18-14-10-6-2)27-21-29-39-41-43-44-42-40-30-22-28-36(38,33-25-19-15-11-7-3)34-26-20-16-12-8-4/h5-30H2,1-4H3. The fourth-order valence-corrected chi connectivity index (χ4v) is 21.1. The summed E-state index contributed by atoms with van der Waals surface area (Å²) in [6.45, 7) is 7.64. The zero-order chi connectivity index (χ0) is 32.5. The van der Waals surface area contributed by atoms with Gasteiger partial charge in [0.05, 0.1) is 26.4 Å². The van der Waals surface area contributed by atoms with Gasteiger partial charge in [0.2, 0.25) is 0 Å². The Balaban J connectivity index is 4.09. The van der Waals surface area contributed by atoms with E-state index in [-0.39, 0.29) is 0 Å². The Morgan fingerprint density at radius 2 is 0.682 bits per heavy atom. The van der Waals surface area contributed by atoms with Crippen LogP contribution in [-0.2, 0) is 41.7 Å². The molecule has 266 valence electrons. The molecule has 0 aromatic carbocycles. The Bertz CT molecular complexity index is 605. The van der Waals surface area contributed by atoms with Crippen molar-refractivity contribution in [2.45, 2.75) is 143 Å². The molecule has 0 aliphatic heterocycles. The third-order valence-electron chi connectivity index (χ3n) is 6.64. The van der Waals surface area contributed by atoms with Crippen LogP contribution in [0.4, 0.5) is 0 Å². The van der Waals surface area contributed by atoms with E-state index in [2.05, 4.69) is 27.7 Å². The first-order valence-electron chi connectivity index (χ1n) is 17.1. The Morgan fingerprint density at radius 3 is 0.955 bits per heavy atom. The molecule has 0 N–H and O–H groups in total. The minimum atomic E-state index is -2.16. The predicted molar refractivity (Wildman–Crippen MR) is 223 cm³/mol. The van der Waals surface area contributed by atoms with Crippen LogP contribution >= 0.6 is 73.9 Å². The normalized spacial score (nSPS) is 12.4. The van der Waals surface area contributed by atoms with Crippen LogP contribution in [0.15, 0.2) is 0 Å².